The quantitative estimate of drug-likeness (QED) is 0.381. The molecule has 1 fully saturated rings. The minimum Gasteiger partial charge on any atom is -0.437 e. The Bertz CT molecular complexity index is 1190. The van der Waals surface area contributed by atoms with Crippen LogP contribution >= 0.6 is 11.6 Å². The summed E-state index contributed by atoms with van der Waals surface area (Å²) in [5.74, 6) is 1.98. The lowest BCUT2D eigenvalue weighted by Crippen LogP contribution is -2.24. The third kappa shape index (κ3) is 4.76. The fraction of sp³-hybridized carbons (Fsp3) is 0.320. The molecule has 1 saturated carbocycles. The second-order valence-corrected chi connectivity index (χ2v) is 8.68. The van der Waals surface area contributed by atoms with Gasteiger partial charge in [-0.1, -0.05) is 55.7 Å². The van der Waals surface area contributed by atoms with Crippen molar-refractivity contribution in [2.24, 2.45) is 5.92 Å². The highest BCUT2D eigenvalue weighted by Crippen LogP contribution is 2.34. The van der Waals surface area contributed by atoms with Crippen molar-refractivity contribution in [1.82, 2.24) is 25.1 Å². The molecule has 1 N–H and O–H groups in total. The van der Waals surface area contributed by atoms with Crippen molar-refractivity contribution in [2.45, 2.75) is 38.6 Å². The maximum Gasteiger partial charge on any atom is 0.246 e. The molecule has 0 aliphatic heterocycles. The van der Waals surface area contributed by atoms with Crippen LogP contribution in [-0.4, -0.2) is 26.4 Å². The number of benzene rings is 2. The molecule has 1 aliphatic carbocycles. The van der Waals surface area contributed by atoms with Crippen molar-refractivity contribution in [3.8, 4) is 22.8 Å². The molecule has 0 spiro atoms. The second-order valence-electron chi connectivity index (χ2n) is 8.34. The van der Waals surface area contributed by atoms with E-state index in [0.29, 0.717) is 11.5 Å². The van der Waals surface area contributed by atoms with Gasteiger partial charge in [0, 0.05) is 18.2 Å². The monoisotopic (exact) mass is 447 g/mol. The average molecular weight is 448 g/mol. The van der Waals surface area contributed by atoms with Crippen LogP contribution in [0.1, 0.15) is 37.7 Å². The maximum atomic E-state index is 6.18. The van der Waals surface area contributed by atoms with E-state index in [0.717, 1.165) is 35.9 Å². The summed E-state index contributed by atoms with van der Waals surface area (Å²) < 4.78 is 7.65. The van der Waals surface area contributed by atoms with Crippen molar-refractivity contribution in [2.75, 3.05) is 6.54 Å². The number of nitrogens with one attached hydrogen (secondary N) is 1. The molecular weight excluding hydrogens is 422 g/mol. The van der Waals surface area contributed by atoms with E-state index in [2.05, 4.69) is 44.9 Å². The molecule has 5 rings (SSSR count). The number of nitrogens with zero attached hydrogens (tertiary/aromatic N) is 4. The predicted octanol–water partition coefficient (Wildman–Crippen LogP) is 5.91. The average Bonchev–Trinajstić information content (AvgIpc) is 3.21. The van der Waals surface area contributed by atoms with Gasteiger partial charge in [0.15, 0.2) is 5.65 Å². The summed E-state index contributed by atoms with van der Waals surface area (Å²) in [6, 6.07) is 20.2. The summed E-state index contributed by atoms with van der Waals surface area (Å²) in [7, 11) is 0. The van der Waals surface area contributed by atoms with Crippen molar-refractivity contribution >= 4 is 17.2 Å². The number of ether oxygens (including phenoxy) is 1. The SMILES string of the molecule is Clc1nnc2ccc(Oc3ccc(CNCC4CCCCC4)cc3-c3ccccc3)nn12. The second kappa shape index (κ2) is 9.67. The van der Waals surface area contributed by atoms with Crippen LogP contribution in [0.25, 0.3) is 16.8 Å². The molecule has 0 bridgehead atoms. The van der Waals surface area contributed by atoms with Gasteiger partial charge in [-0.3, -0.25) is 0 Å². The van der Waals surface area contributed by atoms with Crippen molar-refractivity contribution in [3.05, 3.63) is 71.5 Å². The normalized spacial score (nSPS) is 14.7. The number of hydrogen-bond acceptors (Lipinski definition) is 5. The van der Waals surface area contributed by atoms with Gasteiger partial charge in [-0.2, -0.15) is 4.52 Å². The summed E-state index contributed by atoms with van der Waals surface area (Å²) in [6.07, 6.45) is 6.84. The first kappa shape index (κ1) is 20.9. The molecule has 6 nitrogen and oxygen atoms in total. The number of halogens is 1. The molecule has 4 aromatic rings. The molecule has 2 aromatic heterocycles. The van der Waals surface area contributed by atoms with E-state index in [1.165, 1.54) is 42.2 Å². The molecule has 0 atom stereocenters. The molecule has 0 saturated heterocycles. The molecule has 2 heterocycles. The summed E-state index contributed by atoms with van der Waals surface area (Å²) in [5.41, 5.74) is 3.93. The lowest BCUT2D eigenvalue weighted by atomic mass is 9.89. The number of aromatic nitrogens is 4. The minimum atomic E-state index is 0.202. The molecule has 2 aromatic carbocycles. The van der Waals surface area contributed by atoms with E-state index in [4.69, 9.17) is 16.3 Å². The Morgan fingerprint density at radius 2 is 1.81 bits per heavy atom. The standard InChI is InChI=1S/C25H26ClN5O/c26-25-29-28-23-13-14-24(30-31(23)25)32-22-12-11-19(15-21(22)20-9-5-2-6-10-20)17-27-16-18-7-3-1-4-8-18/h2,5-6,9-15,18,27H,1,3-4,7-8,16-17H2. The first-order chi connectivity index (χ1) is 15.8. The lowest BCUT2D eigenvalue weighted by Gasteiger charge is -2.22. The van der Waals surface area contributed by atoms with Crippen LogP contribution in [0.4, 0.5) is 0 Å². The maximum absolute atomic E-state index is 6.18. The Labute approximate surface area is 192 Å². The van der Waals surface area contributed by atoms with Crippen LogP contribution in [-0.2, 0) is 6.54 Å². The van der Waals surface area contributed by atoms with Gasteiger partial charge < -0.3 is 10.1 Å². The molecule has 32 heavy (non-hydrogen) atoms. The van der Waals surface area contributed by atoms with E-state index in [1.807, 2.05) is 24.3 Å². The number of rotatable bonds is 7. The van der Waals surface area contributed by atoms with Gasteiger partial charge in [-0.25, -0.2) is 0 Å². The smallest absolute Gasteiger partial charge is 0.246 e. The largest absolute Gasteiger partial charge is 0.437 e. The van der Waals surface area contributed by atoms with Gasteiger partial charge in [-0.15, -0.1) is 15.3 Å². The summed E-state index contributed by atoms with van der Waals surface area (Å²) >= 11 is 6.06. The van der Waals surface area contributed by atoms with Gasteiger partial charge in [-0.05, 0) is 66.2 Å². The Kier molecular flexibility index (Phi) is 6.32. The van der Waals surface area contributed by atoms with E-state index >= 15 is 0 Å². The van der Waals surface area contributed by atoms with E-state index in [9.17, 15) is 0 Å². The zero-order valence-electron chi connectivity index (χ0n) is 17.9. The van der Waals surface area contributed by atoms with Crippen LogP contribution in [0.2, 0.25) is 5.28 Å². The van der Waals surface area contributed by atoms with E-state index < -0.39 is 0 Å². The highest BCUT2D eigenvalue weighted by atomic mass is 35.5. The Morgan fingerprint density at radius 1 is 0.969 bits per heavy atom. The zero-order valence-corrected chi connectivity index (χ0v) is 18.6. The minimum absolute atomic E-state index is 0.202. The third-order valence-corrected chi connectivity index (χ3v) is 6.27. The van der Waals surface area contributed by atoms with Crippen molar-refractivity contribution in [3.63, 3.8) is 0 Å². The van der Waals surface area contributed by atoms with Crippen LogP contribution < -0.4 is 10.1 Å². The number of hydrogen-bond donors (Lipinski definition) is 1. The molecule has 164 valence electrons. The van der Waals surface area contributed by atoms with Crippen LogP contribution in [0.15, 0.2) is 60.7 Å². The van der Waals surface area contributed by atoms with Gasteiger partial charge in [0.2, 0.25) is 11.2 Å². The van der Waals surface area contributed by atoms with Crippen molar-refractivity contribution in [1.29, 1.82) is 0 Å². The first-order valence-electron chi connectivity index (χ1n) is 11.2. The Balaban J connectivity index is 1.37. The highest BCUT2D eigenvalue weighted by molar-refractivity contribution is 6.28. The van der Waals surface area contributed by atoms with Gasteiger partial charge in [0.1, 0.15) is 5.75 Å². The van der Waals surface area contributed by atoms with E-state index in [-0.39, 0.29) is 5.28 Å². The fourth-order valence-corrected chi connectivity index (χ4v) is 4.51. The van der Waals surface area contributed by atoms with E-state index in [1.54, 1.807) is 12.1 Å². The molecule has 0 amide bonds. The first-order valence-corrected chi connectivity index (χ1v) is 11.6. The van der Waals surface area contributed by atoms with Crippen LogP contribution in [0, 0.1) is 5.92 Å². The van der Waals surface area contributed by atoms with Crippen LogP contribution in [0.3, 0.4) is 0 Å². The van der Waals surface area contributed by atoms with Gasteiger partial charge >= 0.3 is 0 Å². The highest BCUT2D eigenvalue weighted by Gasteiger charge is 2.14. The van der Waals surface area contributed by atoms with Crippen molar-refractivity contribution < 1.29 is 4.74 Å². The molecule has 7 heteroatoms. The number of fused-ring (bicyclic) bond motifs is 1. The lowest BCUT2D eigenvalue weighted by molar-refractivity contribution is 0.342. The summed E-state index contributed by atoms with van der Waals surface area (Å²) in [6.45, 7) is 1.93. The summed E-state index contributed by atoms with van der Waals surface area (Å²) in [5, 5.41) is 16.1. The molecule has 0 unspecified atom stereocenters. The Morgan fingerprint density at radius 3 is 2.66 bits per heavy atom. The molecule has 0 radical (unpaired) electrons. The third-order valence-electron chi connectivity index (χ3n) is 6.03. The molecular formula is C25H26ClN5O. The fourth-order valence-electron chi connectivity index (χ4n) is 4.34. The van der Waals surface area contributed by atoms with Gasteiger partial charge in [0.05, 0.1) is 0 Å². The molecule has 1 aliphatic rings. The zero-order chi connectivity index (χ0) is 21.8. The van der Waals surface area contributed by atoms with Gasteiger partial charge in [0.25, 0.3) is 0 Å². The topological polar surface area (TPSA) is 64.3 Å². The van der Waals surface area contributed by atoms with Crippen LogP contribution in [0.5, 0.6) is 11.6 Å². The summed E-state index contributed by atoms with van der Waals surface area (Å²) in [4.78, 5) is 0. The predicted molar refractivity (Wildman–Crippen MR) is 126 cm³/mol. The Hall–Kier alpha value is -2.96.